The minimum absolute atomic E-state index is 0.106. The van der Waals surface area contributed by atoms with Crippen LogP contribution in [0.2, 0.25) is 5.02 Å². The van der Waals surface area contributed by atoms with Gasteiger partial charge in [0.05, 0.1) is 11.3 Å². The average Bonchev–Trinajstić information content (AvgIpc) is 3.37. The molecule has 11 heteroatoms. The van der Waals surface area contributed by atoms with Gasteiger partial charge in [-0.3, -0.25) is 14.7 Å². The monoisotopic (exact) mass is 491 g/mol. The molecule has 0 saturated carbocycles. The molecule has 1 aliphatic rings. The predicted molar refractivity (Wildman–Crippen MR) is 126 cm³/mol. The van der Waals surface area contributed by atoms with Crippen LogP contribution >= 0.6 is 34.7 Å². The van der Waals surface area contributed by atoms with E-state index in [9.17, 15) is 9.59 Å². The lowest BCUT2D eigenvalue weighted by Gasteiger charge is -2.11. The summed E-state index contributed by atoms with van der Waals surface area (Å²) >= 11 is 8.66. The first-order chi connectivity index (χ1) is 15.4. The van der Waals surface area contributed by atoms with Crippen molar-refractivity contribution in [3.8, 4) is 5.75 Å². The molecule has 8 nitrogen and oxygen atoms in total. The highest BCUT2D eigenvalue weighted by Gasteiger charge is 2.25. The summed E-state index contributed by atoms with van der Waals surface area (Å²) in [5.41, 5.74) is 7.96. The molecule has 4 rings (SSSR count). The number of aromatic amines is 1. The van der Waals surface area contributed by atoms with Gasteiger partial charge in [-0.05, 0) is 61.9 Å². The van der Waals surface area contributed by atoms with E-state index in [2.05, 4.69) is 20.5 Å². The lowest BCUT2D eigenvalue weighted by molar-refractivity contribution is -0.113. The Hall–Kier alpha value is -2.56. The summed E-state index contributed by atoms with van der Waals surface area (Å²) in [6, 6.07) is 5.41. The summed E-state index contributed by atoms with van der Waals surface area (Å²) in [6.07, 6.45) is 3.86. The minimum Gasteiger partial charge on any atom is -0.486 e. The van der Waals surface area contributed by atoms with Gasteiger partial charge in [0, 0.05) is 9.90 Å². The Balaban J connectivity index is 1.31. The molecule has 0 fully saturated rings. The van der Waals surface area contributed by atoms with E-state index in [1.807, 2.05) is 13.0 Å². The Morgan fingerprint density at radius 3 is 2.94 bits per heavy atom. The molecule has 0 radical (unpaired) electrons. The number of primary amides is 1. The molecule has 2 aromatic heterocycles. The van der Waals surface area contributed by atoms with Gasteiger partial charge in [-0.25, -0.2) is 4.98 Å². The molecule has 3 aromatic rings. The number of fused-ring (bicyclic) bond motifs is 1. The van der Waals surface area contributed by atoms with Crippen molar-refractivity contribution in [2.45, 2.75) is 44.4 Å². The topological polar surface area (TPSA) is 123 Å². The lowest BCUT2D eigenvalue weighted by Crippen LogP contribution is -2.19. The van der Waals surface area contributed by atoms with Gasteiger partial charge in [0.15, 0.2) is 5.82 Å². The number of benzene rings is 1. The van der Waals surface area contributed by atoms with Gasteiger partial charge in [-0.2, -0.15) is 0 Å². The summed E-state index contributed by atoms with van der Waals surface area (Å²) in [7, 11) is 0. The maximum Gasteiger partial charge on any atom is 0.251 e. The quantitative estimate of drug-likeness (QED) is 0.407. The van der Waals surface area contributed by atoms with E-state index >= 15 is 0 Å². The molecule has 0 unspecified atom stereocenters. The molecular formula is C21H22ClN5O3S2. The highest BCUT2D eigenvalue weighted by atomic mass is 35.5. The fourth-order valence-corrected chi connectivity index (χ4v) is 5.52. The van der Waals surface area contributed by atoms with Crippen molar-refractivity contribution in [2.75, 3.05) is 11.1 Å². The molecule has 2 heterocycles. The highest BCUT2D eigenvalue weighted by molar-refractivity contribution is 7.99. The van der Waals surface area contributed by atoms with E-state index in [0.29, 0.717) is 32.3 Å². The number of aromatic nitrogens is 3. The molecule has 1 aromatic carbocycles. The molecule has 0 spiro atoms. The fraction of sp³-hybridized carbons (Fsp3) is 0.333. The SMILES string of the molecule is Cc1cc(OCc2nc(SCC(=O)Nc3sc4c(c3C(N)=O)CCCC4)n[nH]2)ccc1Cl. The number of carbonyl (C=O) groups excluding carboxylic acids is 2. The van der Waals surface area contributed by atoms with Crippen LogP contribution < -0.4 is 15.8 Å². The largest absolute Gasteiger partial charge is 0.486 e. The van der Waals surface area contributed by atoms with Crippen LogP contribution in [-0.2, 0) is 24.2 Å². The first-order valence-corrected chi connectivity index (χ1v) is 12.3. The number of aryl methyl sites for hydroxylation is 2. The van der Waals surface area contributed by atoms with Crippen LogP contribution in [-0.4, -0.2) is 32.7 Å². The van der Waals surface area contributed by atoms with Crippen LogP contribution in [0.1, 0.15) is 45.0 Å². The van der Waals surface area contributed by atoms with Crippen molar-refractivity contribution in [3.05, 3.63) is 50.6 Å². The van der Waals surface area contributed by atoms with Crippen molar-refractivity contribution < 1.29 is 14.3 Å². The van der Waals surface area contributed by atoms with Crippen LogP contribution in [0.5, 0.6) is 5.75 Å². The number of nitrogens with two attached hydrogens (primary N) is 1. The van der Waals surface area contributed by atoms with Gasteiger partial charge in [0.1, 0.15) is 17.4 Å². The summed E-state index contributed by atoms with van der Waals surface area (Å²) in [5.74, 6) is 0.593. The number of nitrogens with one attached hydrogen (secondary N) is 2. The Morgan fingerprint density at radius 2 is 2.16 bits per heavy atom. The Morgan fingerprint density at radius 1 is 1.34 bits per heavy atom. The zero-order chi connectivity index (χ0) is 22.7. The lowest BCUT2D eigenvalue weighted by atomic mass is 9.95. The van der Waals surface area contributed by atoms with E-state index in [1.165, 1.54) is 23.1 Å². The van der Waals surface area contributed by atoms with Crippen molar-refractivity contribution in [1.82, 2.24) is 15.2 Å². The number of halogens is 1. The van der Waals surface area contributed by atoms with Crippen LogP contribution in [0, 0.1) is 6.92 Å². The van der Waals surface area contributed by atoms with E-state index in [4.69, 9.17) is 22.1 Å². The van der Waals surface area contributed by atoms with Crippen LogP contribution in [0.4, 0.5) is 5.00 Å². The first kappa shape index (κ1) is 22.6. The Kier molecular flexibility index (Phi) is 7.02. The van der Waals surface area contributed by atoms with Crippen molar-refractivity contribution in [1.29, 1.82) is 0 Å². The molecule has 168 valence electrons. The number of hydrogen-bond donors (Lipinski definition) is 3. The van der Waals surface area contributed by atoms with Gasteiger partial charge in [0.25, 0.3) is 5.91 Å². The zero-order valence-corrected chi connectivity index (χ0v) is 19.8. The van der Waals surface area contributed by atoms with E-state index in [1.54, 1.807) is 12.1 Å². The van der Waals surface area contributed by atoms with Gasteiger partial charge < -0.3 is 15.8 Å². The van der Waals surface area contributed by atoms with Crippen molar-refractivity contribution in [2.24, 2.45) is 5.73 Å². The molecule has 32 heavy (non-hydrogen) atoms. The third kappa shape index (κ3) is 5.25. The van der Waals surface area contributed by atoms with E-state index < -0.39 is 5.91 Å². The summed E-state index contributed by atoms with van der Waals surface area (Å²) in [5, 5.41) is 11.4. The summed E-state index contributed by atoms with van der Waals surface area (Å²) in [6.45, 7) is 2.12. The predicted octanol–water partition coefficient (Wildman–Crippen LogP) is 4.12. The van der Waals surface area contributed by atoms with Gasteiger partial charge in [-0.1, -0.05) is 23.4 Å². The number of hydrogen-bond acceptors (Lipinski definition) is 7. The standard InChI is InChI=1S/C21H22ClN5O3S2/c1-11-8-12(6-7-14(11)22)30-9-16-24-21(27-26-16)31-10-17(28)25-20-18(19(23)29)13-4-2-3-5-15(13)32-20/h6-8H,2-5,9-10H2,1H3,(H2,23,29)(H,25,28)(H,24,26,27). The maximum absolute atomic E-state index is 12.5. The van der Waals surface area contributed by atoms with Crippen LogP contribution in [0.3, 0.4) is 0 Å². The zero-order valence-electron chi connectivity index (χ0n) is 17.4. The molecule has 0 aliphatic heterocycles. The number of H-pyrrole nitrogens is 1. The molecule has 0 bridgehead atoms. The second-order valence-electron chi connectivity index (χ2n) is 7.38. The van der Waals surface area contributed by atoms with E-state index in [-0.39, 0.29) is 18.3 Å². The third-order valence-electron chi connectivity index (χ3n) is 5.02. The molecule has 0 saturated heterocycles. The van der Waals surface area contributed by atoms with E-state index in [0.717, 1.165) is 41.7 Å². The van der Waals surface area contributed by atoms with Crippen LogP contribution in [0.25, 0.3) is 0 Å². The van der Waals surface area contributed by atoms with Gasteiger partial charge >= 0.3 is 0 Å². The van der Waals surface area contributed by atoms with Gasteiger partial charge in [0.2, 0.25) is 11.1 Å². The number of ether oxygens (including phenoxy) is 1. The number of carbonyl (C=O) groups is 2. The number of nitrogens with zero attached hydrogens (tertiary/aromatic N) is 2. The summed E-state index contributed by atoms with van der Waals surface area (Å²) in [4.78, 5) is 29.9. The highest BCUT2D eigenvalue weighted by Crippen LogP contribution is 2.38. The number of rotatable bonds is 8. The average molecular weight is 492 g/mol. The van der Waals surface area contributed by atoms with Gasteiger partial charge in [-0.15, -0.1) is 16.4 Å². The fourth-order valence-electron chi connectivity index (χ4n) is 3.47. The third-order valence-corrected chi connectivity index (χ3v) is 7.50. The molecular weight excluding hydrogens is 470 g/mol. The minimum atomic E-state index is -0.498. The molecule has 1 aliphatic carbocycles. The second kappa shape index (κ2) is 9.93. The smallest absolute Gasteiger partial charge is 0.251 e. The number of anilines is 1. The normalized spacial score (nSPS) is 12.9. The van der Waals surface area contributed by atoms with Crippen molar-refractivity contribution in [3.63, 3.8) is 0 Å². The first-order valence-electron chi connectivity index (χ1n) is 10.1. The van der Waals surface area contributed by atoms with Crippen molar-refractivity contribution >= 4 is 51.5 Å². The second-order valence-corrected chi connectivity index (χ2v) is 9.84. The molecule has 0 atom stereocenters. The maximum atomic E-state index is 12.5. The Labute approximate surface area is 198 Å². The summed E-state index contributed by atoms with van der Waals surface area (Å²) < 4.78 is 5.70. The molecule has 4 N–H and O–H groups in total. The molecule has 2 amide bonds. The Bertz CT molecular complexity index is 1160. The number of thiophene rings is 1. The number of thioether (sulfide) groups is 1. The number of amides is 2. The van der Waals surface area contributed by atoms with Crippen LogP contribution in [0.15, 0.2) is 23.4 Å².